The van der Waals surface area contributed by atoms with Gasteiger partial charge >= 0.3 is 6.18 Å². The van der Waals surface area contributed by atoms with E-state index in [0.717, 1.165) is 0 Å². The van der Waals surface area contributed by atoms with Crippen molar-refractivity contribution in [3.63, 3.8) is 0 Å². The van der Waals surface area contributed by atoms with Crippen molar-refractivity contribution in [1.29, 1.82) is 0 Å². The molecule has 0 saturated heterocycles. The van der Waals surface area contributed by atoms with Crippen molar-refractivity contribution in [2.75, 3.05) is 12.4 Å². The molecule has 0 spiro atoms. The van der Waals surface area contributed by atoms with Gasteiger partial charge in [-0.3, -0.25) is 10.2 Å². The quantitative estimate of drug-likeness (QED) is 0.707. The van der Waals surface area contributed by atoms with Crippen LogP contribution in [0.2, 0.25) is 0 Å². The Labute approximate surface area is 103 Å². The molecule has 3 N–H and O–H groups in total. The van der Waals surface area contributed by atoms with Crippen molar-refractivity contribution in [1.82, 2.24) is 10.9 Å². The molecular weight excluding hydrogens is 247 g/mol. The molecule has 1 aromatic carbocycles. The summed E-state index contributed by atoms with van der Waals surface area (Å²) >= 11 is 0. The third-order valence-corrected chi connectivity index (χ3v) is 2.16. The lowest BCUT2D eigenvalue weighted by Gasteiger charge is -2.22. The number of benzene rings is 1. The van der Waals surface area contributed by atoms with Crippen LogP contribution in [0.5, 0.6) is 0 Å². The first-order valence-corrected chi connectivity index (χ1v) is 5.27. The summed E-state index contributed by atoms with van der Waals surface area (Å²) in [6.45, 7) is 0. The Hall–Kier alpha value is -1.76. The lowest BCUT2D eigenvalue weighted by molar-refractivity contribution is -0.150. The Morgan fingerprint density at radius 2 is 1.89 bits per heavy atom. The molecule has 0 saturated carbocycles. The molecule has 7 heteroatoms. The standard InChI is InChI=1S/C11H14F3N3O/c1-15-17-10(18)7-9(11(12,13)14)16-8-5-3-2-4-6-8/h2-6,9,15-16H,7H2,1H3,(H,17,18). The Morgan fingerprint density at radius 1 is 1.28 bits per heavy atom. The predicted octanol–water partition coefficient (Wildman–Crippen LogP) is 1.67. The van der Waals surface area contributed by atoms with Crippen LogP contribution in [0.4, 0.5) is 18.9 Å². The minimum absolute atomic E-state index is 0.317. The van der Waals surface area contributed by atoms with Crippen molar-refractivity contribution in [2.45, 2.75) is 18.6 Å². The van der Waals surface area contributed by atoms with E-state index in [1.54, 1.807) is 18.2 Å². The van der Waals surface area contributed by atoms with Crippen molar-refractivity contribution < 1.29 is 18.0 Å². The van der Waals surface area contributed by atoms with Gasteiger partial charge in [-0.15, -0.1) is 0 Å². The molecule has 100 valence electrons. The molecule has 1 atom stereocenters. The number of halogens is 3. The van der Waals surface area contributed by atoms with Crippen LogP contribution in [0.1, 0.15) is 6.42 Å². The number of alkyl halides is 3. The maximum Gasteiger partial charge on any atom is 0.409 e. The normalized spacial score (nSPS) is 12.9. The minimum atomic E-state index is -4.50. The SMILES string of the molecule is CNNC(=O)CC(Nc1ccccc1)C(F)(F)F. The van der Waals surface area contributed by atoms with E-state index in [9.17, 15) is 18.0 Å². The Kier molecular flexibility index (Phi) is 4.96. The summed E-state index contributed by atoms with van der Waals surface area (Å²) in [5.41, 5.74) is 4.72. The summed E-state index contributed by atoms with van der Waals surface area (Å²) < 4.78 is 38.2. The minimum Gasteiger partial charge on any atom is -0.374 e. The molecule has 1 unspecified atom stereocenters. The number of hydrazine groups is 1. The van der Waals surface area contributed by atoms with Gasteiger partial charge in [-0.05, 0) is 12.1 Å². The zero-order valence-corrected chi connectivity index (χ0v) is 9.71. The summed E-state index contributed by atoms with van der Waals surface area (Å²) in [5.74, 6) is -0.733. The van der Waals surface area contributed by atoms with Gasteiger partial charge in [-0.25, -0.2) is 5.43 Å². The average molecular weight is 261 g/mol. The molecular formula is C11H14F3N3O. The molecule has 1 aromatic rings. The number of hydrogen-bond acceptors (Lipinski definition) is 3. The van der Waals surface area contributed by atoms with E-state index in [4.69, 9.17) is 0 Å². The second kappa shape index (κ2) is 6.25. The zero-order valence-electron chi connectivity index (χ0n) is 9.71. The Balaban J connectivity index is 2.71. The van der Waals surface area contributed by atoms with Crippen LogP contribution in [0.15, 0.2) is 30.3 Å². The second-order valence-electron chi connectivity index (χ2n) is 3.61. The topological polar surface area (TPSA) is 53.2 Å². The average Bonchev–Trinajstić information content (AvgIpc) is 2.28. The Morgan fingerprint density at radius 3 is 2.39 bits per heavy atom. The number of rotatable bonds is 5. The molecule has 18 heavy (non-hydrogen) atoms. The van der Waals surface area contributed by atoms with E-state index < -0.39 is 24.5 Å². The van der Waals surface area contributed by atoms with Crippen LogP contribution in [-0.4, -0.2) is 25.2 Å². The smallest absolute Gasteiger partial charge is 0.374 e. The third-order valence-electron chi connectivity index (χ3n) is 2.16. The van der Waals surface area contributed by atoms with Crippen LogP contribution in [0.25, 0.3) is 0 Å². The van der Waals surface area contributed by atoms with Crippen LogP contribution < -0.4 is 16.2 Å². The number of para-hydroxylation sites is 1. The van der Waals surface area contributed by atoms with E-state index in [1.807, 2.05) is 0 Å². The van der Waals surface area contributed by atoms with Crippen molar-refractivity contribution >= 4 is 11.6 Å². The zero-order chi connectivity index (χ0) is 13.6. The van der Waals surface area contributed by atoms with Gasteiger partial charge in [0.05, 0.1) is 6.42 Å². The van der Waals surface area contributed by atoms with Crippen LogP contribution >= 0.6 is 0 Å². The number of hydrogen-bond donors (Lipinski definition) is 3. The largest absolute Gasteiger partial charge is 0.409 e. The van der Waals surface area contributed by atoms with Gasteiger partial charge < -0.3 is 5.32 Å². The lowest BCUT2D eigenvalue weighted by atomic mass is 10.1. The molecule has 0 radical (unpaired) electrons. The van der Waals surface area contributed by atoms with Crippen LogP contribution in [0, 0.1) is 0 Å². The summed E-state index contributed by atoms with van der Waals surface area (Å²) in [6.07, 6.45) is -5.19. The van der Waals surface area contributed by atoms with E-state index >= 15 is 0 Å². The number of amides is 1. The molecule has 1 amide bonds. The van der Waals surface area contributed by atoms with Gasteiger partial charge in [0.15, 0.2) is 0 Å². The van der Waals surface area contributed by atoms with Crippen LogP contribution in [0.3, 0.4) is 0 Å². The maximum absolute atomic E-state index is 12.7. The number of anilines is 1. The molecule has 0 aliphatic carbocycles. The Bertz CT molecular complexity index is 381. The highest BCUT2D eigenvalue weighted by Gasteiger charge is 2.40. The summed E-state index contributed by atoms with van der Waals surface area (Å²) in [6, 6.07) is 6.02. The lowest BCUT2D eigenvalue weighted by Crippen LogP contribution is -2.43. The fraction of sp³-hybridized carbons (Fsp3) is 0.364. The number of carbonyl (C=O) groups excluding carboxylic acids is 1. The van der Waals surface area contributed by atoms with Crippen molar-refractivity contribution in [3.05, 3.63) is 30.3 Å². The first-order valence-electron chi connectivity index (χ1n) is 5.27. The molecule has 0 fully saturated rings. The van der Waals surface area contributed by atoms with Gasteiger partial charge in [0.1, 0.15) is 6.04 Å². The van der Waals surface area contributed by atoms with E-state index in [0.29, 0.717) is 5.69 Å². The van der Waals surface area contributed by atoms with Gasteiger partial charge in [-0.1, -0.05) is 18.2 Å². The molecule has 4 nitrogen and oxygen atoms in total. The molecule has 0 heterocycles. The summed E-state index contributed by atoms with van der Waals surface area (Å²) in [7, 11) is 1.41. The molecule has 0 aliphatic heterocycles. The highest BCUT2D eigenvalue weighted by molar-refractivity contribution is 5.76. The highest BCUT2D eigenvalue weighted by atomic mass is 19.4. The molecule has 1 rings (SSSR count). The van der Waals surface area contributed by atoms with E-state index in [-0.39, 0.29) is 0 Å². The van der Waals surface area contributed by atoms with Crippen LogP contribution in [-0.2, 0) is 4.79 Å². The number of carbonyl (C=O) groups is 1. The number of nitrogens with one attached hydrogen (secondary N) is 3. The first-order chi connectivity index (χ1) is 8.43. The monoisotopic (exact) mass is 261 g/mol. The summed E-state index contributed by atoms with van der Waals surface area (Å²) in [5, 5.41) is 2.29. The van der Waals surface area contributed by atoms with Crippen molar-refractivity contribution in [3.8, 4) is 0 Å². The molecule has 0 bridgehead atoms. The fourth-order valence-corrected chi connectivity index (χ4v) is 1.36. The van der Waals surface area contributed by atoms with Gasteiger partial charge in [-0.2, -0.15) is 13.2 Å². The van der Waals surface area contributed by atoms with Gasteiger partial charge in [0, 0.05) is 12.7 Å². The fourth-order valence-electron chi connectivity index (χ4n) is 1.36. The van der Waals surface area contributed by atoms with Crippen molar-refractivity contribution in [2.24, 2.45) is 0 Å². The summed E-state index contributed by atoms with van der Waals surface area (Å²) in [4.78, 5) is 11.2. The molecule has 0 aromatic heterocycles. The van der Waals surface area contributed by atoms with Gasteiger partial charge in [0.2, 0.25) is 5.91 Å². The highest BCUT2D eigenvalue weighted by Crippen LogP contribution is 2.25. The molecule has 0 aliphatic rings. The second-order valence-corrected chi connectivity index (χ2v) is 3.61. The third kappa shape index (κ3) is 4.62. The van der Waals surface area contributed by atoms with Gasteiger partial charge in [0.25, 0.3) is 0 Å². The first kappa shape index (κ1) is 14.3. The van der Waals surface area contributed by atoms with E-state index in [1.165, 1.54) is 19.2 Å². The predicted molar refractivity (Wildman–Crippen MR) is 61.7 cm³/mol. The maximum atomic E-state index is 12.7. The van der Waals surface area contributed by atoms with E-state index in [2.05, 4.69) is 16.2 Å².